The molecule has 1 heterocycles. The van der Waals surface area contributed by atoms with Crippen molar-refractivity contribution in [2.24, 2.45) is 5.92 Å². The number of carbonyl (C=O) groups excluding carboxylic acids is 1. The molecule has 106 valence electrons. The van der Waals surface area contributed by atoms with Gasteiger partial charge in [-0.2, -0.15) is 0 Å². The number of fused-ring (bicyclic) bond motifs is 1. The minimum atomic E-state index is -0.354. The van der Waals surface area contributed by atoms with Gasteiger partial charge in [-0.3, -0.25) is 4.79 Å². The molecule has 0 fully saturated rings. The highest BCUT2D eigenvalue weighted by molar-refractivity contribution is 7.14. The fraction of sp³-hybridized carbons (Fsp3) is 0.667. The van der Waals surface area contributed by atoms with E-state index in [1.165, 1.54) is 16.9 Å². The molecule has 1 amide bonds. The van der Waals surface area contributed by atoms with Gasteiger partial charge < -0.3 is 10.0 Å². The van der Waals surface area contributed by atoms with E-state index in [1.807, 2.05) is 7.05 Å². The lowest BCUT2D eigenvalue weighted by Gasteiger charge is -2.17. The van der Waals surface area contributed by atoms with E-state index in [0.29, 0.717) is 13.0 Å². The summed E-state index contributed by atoms with van der Waals surface area (Å²) >= 11 is 1.65. The Bertz CT molecular complexity index is 453. The molecule has 0 radical (unpaired) electrons. The molecule has 2 unspecified atom stereocenters. The van der Waals surface area contributed by atoms with Gasteiger partial charge in [-0.15, -0.1) is 11.3 Å². The number of rotatable bonds is 4. The van der Waals surface area contributed by atoms with Crippen LogP contribution < -0.4 is 0 Å². The topological polar surface area (TPSA) is 40.5 Å². The van der Waals surface area contributed by atoms with Gasteiger partial charge in [0.05, 0.1) is 11.0 Å². The number of carbonyl (C=O) groups is 1. The molecule has 2 rings (SSSR count). The van der Waals surface area contributed by atoms with Crippen LogP contribution in [0, 0.1) is 5.92 Å². The molecule has 3 nitrogen and oxygen atoms in total. The molecule has 0 aromatic carbocycles. The molecule has 0 aliphatic heterocycles. The minimum absolute atomic E-state index is 0.0905. The summed E-state index contributed by atoms with van der Waals surface area (Å²) in [5.41, 5.74) is 1.37. The van der Waals surface area contributed by atoms with Crippen LogP contribution in [0.5, 0.6) is 0 Å². The van der Waals surface area contributed by atoms with Crippen molar-refractivity contribution in [1.29, 1.82) is 0 Å². The maximum Gasteiger partial charge on any atom is 0.263 e. The van der Waals surface area contributed by atoms with Gasteiger partial charge >= 0.3 is 0 Å². The van der Waals surface area contributed by atoms with E-state index in [9.17, 15) is 9.90 Å². The molecule has 19 heavy (non-hydrogen) atoms. The Morgan fingerprint density at radius 2 is 2.37 bits per heavy atom. The van der Waals surface area contributed by atoms with E-state index in [1.54, 1.807) is 23.2 Å². The van der Waals surface area contributed by atoms with Crippen molar-refractivity contribution >= 4 is 17.2 Å². The van der Waals surface area contributed by atoms with E-state index in [0.717, 1.165) is 23.6 Å². The highest BCUT2D eigenvalue weighted by Crippen LogP contribution is 2.32. The molecule has 1 aliphatic carbocycles. The summed E-state index contributed by atoms with van der Waals surface area (Å²) in [4.78, 5) is 16.3. The fourth-order valence-electron chi connectivity index (χ4n) is 2.48. The van der Waals surface area contributed by atoms with Crippen LogP contribution in [0.15, 0.2) is 6.07 Å². The summed E-state index contributed by atoms with van der Waals surface area (Å²) in [6.45, 7) is 4.63. The maximum atomic E-state index is 12.3. The Balaban J connectivity index is 2.03. The Morgan fingerprint density at radius 3 is 3.05 bits per heavy atom. The molecule has 1 aromatic heterocycles. The molecule has 4 heteroatoms. The normalized spacial score (nSPS) is 19.9. The monoisotopic (exact) mass is 281 g/mol. The third-order valence-electron chi connectivity index (χ3n) is 3.77. The van der Waals surface area contributed by atoms with Crippen molar-refractivity contribution in [3.8, 4) is 0 Å². The zero-order valence-corrected chi connectivity index (χ0v) is 12.8. The van der Waals surface area contributed by atoms with Gasteiger partial charge in [0.2, 0.25) is 0 Å². The van der Waals surface area contributed by atoms with Crippen molar-refractivity contribution < 1.29 is 9.90 Å². The third kappa shape index (κ3) is 3.57. The smallest absolute Gasteiger partial charge is 0.263 e. The Kier molecular flexibility index (Phi) is 4.63. The van der Waals surface area contributed by atoms with Crippen LogP contribution in [0.4, 0.5) is 0 Å². The van der Waals surface area contributed by atoms with Gasteiger partial charge in [0.15, 0.2) is 0 Å². The number of aryl methyl sites for hydroxylation is 1. The quantitative estimate of drug-likeness (QED) is 0.922. The molecule has 1 aromatic rings. The second kappa shape index (κ2) is 6.06. The second-order valence-corrected chi connectivity index (χ2v) is 6.91. The van der Waals surface area contributed by atoms with Gasteiger partial charge in [0.1, 0.15) is 0 Å². The average molecular weight is 281 g/mol. The van der Waals surface area contributed by atoms with Crippen molar-refractivity contribution in [2.45, 2.75) is 45.6 Å². The minimum Gasteiger partial charge on any atom is -0.393 e. The van der Waals surface area contributed by atoms with Crippen LogP contribution in [-0.2, 0) is 12.8 Å². The number of nitrogens with zero attached hydrogens (tertiary/aromatic N) is 1. The number of thiophene rings is 1. The maximum absolute atomic E-state index is 12.3. The Morgan fingerprint density at radius 1 is 1.63 bits per heavy atom. The van der Waals surface area contributed by atoms with Gasteiger partial charge in [-0.05, 0) is 50.2 Å². The molecular formula is C15H23NO2S. The molecule has 0 saturated carbocycles. The first-order chi connectivity index (χ1) is 8.97. The van der Waals surface area contributed by atoms with E-state index in [-0.39, 0.29) is 12.0 Å². The van der Waals surface area contributed by atoms with Crippen molar-refractivity contribution in [2.75, 3.05) is 13.6 Å². The van der Waals surface area contributed by atoms with E-state index >= 15 is 0 Å². The first kappa shape index (κ1) is 14.5. The Hall–Kier alpha value is -0.870. The second-order valence-electron chi connectivity index (χ2n) is 5.77. The van der Waals surface area contributed by atoms with E-state index in [4.69, 9.17) is 0 Å². The summed E-state index contributed by atoms with van der Waals surface area (Å²) in [5.74, 6) is 0.825. The Labute approximate surface area is 119 Å². The summed E-state index contributed by atoms with van der Waals surface area (Å²) in [6.07, 6.45) is 3.73. The predicted molar refractivity (Wildman–Crippen MR) is 78.8 cm³/mol. The van der Waals surface area contributed by atoms with Gasteiger partial charge in [0, 0.05) is 18.5 Å². The number of hydrogen-bond acceptors (Lipinski definition) is 3. The van der Waals surface area contributed by atoms with Crippen LogP contribution in [0.25, 0.3) is 0 Å². The van der Waals surface area contributed by atoms with Crippen LogP contribution in [0.1, 0.15) is 46.8 Å². The third-order valence-corrected chi connectivity index (χ3v) is 4.99. The number of hydrogen-bond donors (Lipinski definition) is 1. The number of aliphatic hydroxyl groups excluding tert-OH is 1. The fourth-order valence-corrected chi connectivity index (χ4v) is 3.68. The van der Waals surface area contributed by atoms with Crippen LogP contribution in [0.3, 0.4) is 0 Å². The zero-order valence-electron chi connectivity index (χ0n) is 12.0. The van der Waals surface area contributed by atoms with Crippen molar-refractivity contribution in [3.05, 3.63) is 21.4 Å². The lowest BCUT2D eigenvalue weighted by molar-refractivity contribution is 0.0773. The number of aliphatic hydroxyl groups is 1. The highest BCUT2D eigenvalue weighted by Gasteiger charge is 2.22. The standard InChI is InChI=1S/C15H23NO2S/c1-10-4-5-13-12(8-10)9-14(19-13)15(18)16(3)7-6-11(2)17/h9-11,17H,4-8H2,1-3H3. The largest absolute Gasteiger partial charge is 0.393 e. The van der Waals surface area contributed by atoms with Gasteiger partial charge in [0.25, 0.3) is 5.91 Å². The van der Waals surface area contributed by atoms with Crippen molar-refractivity contribution in [1.82, 2.24) is 4.90 Å². The van der Waals surface area contributed by atoms with Gasteiger partial charge in [-0.25, -0.2) is 0 Å². The molecule has 2 atom stereocenters. The average Bonchev–Trinajstić information content (AvgIpc) is 2.77. The molecule has 0 spiro atoms. The molecule has 1 N–H and O–H groups in total. The van der Waals surface area contributed by atoms with Crippen LogP contribution in [0.2, 0.25) is 0 Å². The predicted octanol–water partition coefficient (Wildman–Crippen LogP) is 2.72. The lowest BCUT2D eigenvalue weighted by atomic mass is 9.90. The highest BCUT2D eigenvalue weighted by atomic mass is 32.1. The SMILES string of the molecule is CC(O)CCN(C)C(=O)c1cc2c(s1)CCC(C)C2. The van der Waals surface area contributed by atoms with Crippen LogP contribution >= 0.6 is 11.3 Å². The van der Waals surface area contributed by atoms with E-state index in [2.05, 4.69) is 13.0 Å². The van der Waals surface area contributed by atoms with Crippen LogP contribution in [-0.4, -0.2) is 35.6 Å². The lowest BCUT2D eigenvalue weighted by Crippen LogP contribution is -2.28. The summed E-state index contributed by atoms with van der Waals surface area (Å²) in [6, 6.07) is 2.08. The van der Waals surface area contributed by atoms with E-state index < -0.39 is 0 Å². The zero-order chi connectivity index (χ0) is 14.0. The summed E-state index contributed by atoms with van der Waals surface area (Å²) in [7, 11) is 1.81. The molecular weight excluding hydrogens is 258 g/mol. The first-order valence-electron chi connectivity index (χ1n) is 7.02. The molecule has 1 aliphatic rings. The van der Waals surface area contributed by atoms with Gasteiger partial charge in [-0.1, -0.05) is 6.92 Å². The summed E-state index contributed by atoms with van der Waals surface area (Å²) in [5, 5.41) is 9.28. The van der Waals surface area contributed by atoms with Crippen molar-refractivity contribution in [3.63, 3.8) is 0 Å². The molecule has 0 saturated heterocycles. The number of amides is 1. The summed E-state index contributed by atoms with van der Waals surface area (Å²) < 4.78 is 0. The first-order valence-corrected chi connectivity index (χ1v) is 7.84. The molecule has 0 bridgehead atoms.